The molecule has 0 spiro atoms. The maximum atomic E-state index is 6.50. The summed E-state index contributed by atoms with van der Waals surface area (Å²) in [6.07, 6.45) is 25.4. The van der Waals surface area contributed by atoms with E-state index >= 15 is 0 Å². The number of benzene rings is 5. The summed E-state index contributed by atoms with van der Waals surface area (Å²) in [4.78, 5) is 0. The third-order valence-corrected chi connectivity index (χ3v) is 10.2. The van der Waals surface area contributed by atoms with Crippen LogP contribution in [0.2, 0.25) is 0 Å². The van der Waals surface area contributed by atoms with E-state index in [9.17, 15) is 0 Å². The molecule has 0 N–H and O–H groups in total. The van der Waals surface area contributed by atoms with Crippen molar-refractivity contribution in [2.75, 3.05) is 0 Å². The van der Waals surface area contributed by atoms with E-state index in [2.05, 4.69) is 189 Å². The topological polar surface area (TPSA) is 26.3 Å². The van der Waals surface area contributed by atoms with E-state index in [1.807, 2.05) is 12.1 Å². The zero-order valence-corrected chi connectivity index (χ0v) is 29.9. The van der Waals surface area contributed by atoms with Crippen molar-refractivity contribution in [2.24, 2.45) is 0 Å². The van der Waals surface area contributed by atoms with Crippen molar-refractivity contribution in [3.05, 3.63) is 211 Å². The number of hydrogen-bond acceptors (Lipinski definition) is 2. The summed E-state index contributed by atoms with van der Waals surface area (Å²) in [7, 11) is 0. The van der Waals surface area contributed by atoms with Crippen LogP contribution in [0.1, 0.15) is 29.5 Å². The average Bonchev–Trinajstić information content (AvgIpc) is 3.78. The van der Waals surface area contributed by atoms with Gasteiger partial charge in [-0.05, 0) is 93.2 Å². The first-order valence-electron chi connectivity index (χ1n) is 18.5. The summed E-state index contributed by atoms with van der Waals surface area (Å²) >= 11 is 0. The number of allylic oxidation sites excluding steroid dienone is 12. The summed E-state index contributed by atoms with van der Waals surface area (Å²) in [5.41, 5.74) is 9.15. The number of furan rings is 2. The van der Waals surface area contributed by atoms with Crippen LogP contribution < -0.4 is 0 Å². The summed E-state index contributed by atoms with van der Waals surface area (Å²) in [6.45, 7) is 4.54. The van der Waals surface area contributed by atoms with Crippen LogP contribution in [0.5, 0.6) is 0 Å². The van der Waals surface area contributed by atoms with Gasteiger partial charge >= 0.3 is 0 Å². The minimum absolute atomic E-state index is 0.840. The first kappa shape index (κ1) is 33.0. The van der Waals surface area contributed by atoms with Crippen LogP contribution in [-0.2, 0) is 0 Å². The number of hydrogen-bond donors (Lipinski definition) is 0. The van der Waals surface area contributed by atoms with Crippen molar-refractivity contribution in [3.63, 3.8) is 0 Å². The highest BCUT2D eigenvalue weighted by atomic mass is 16.3. The Morgan fingerprint density at radius 2 is 1.24 bits per heavy atom. The summed E-state index contributed by atoms with van der Waals surface area (Å²) in [6, 6.07) is 44.6. The van der Waals surface area contributed by atoms with Crippen LogP contribution in [0, 0.1) is 0 Å². The van der Waals surface area contributed by atoms with Crippen molar-refractivity contribution in [1.29, 1.82) is 0 Å². The molecular formula is C52H38O2. The molecule has 2 aromatic heterocycles. The number of para-hydroxylation sites is 1. The Hall–Kier alpha value is -6.90. The zero-order valence-electron chi connectivity index (χ0n) is 29.9. The Bertz CT molecular complexity index is 3000. The van der Waals surface area contributed by atoms with E-state index < -0.39 is 0 Å². The molecule has 258 valence electrons. The van der Waals surface area contributed by atoms with Crippen molar-refractivity contribution in [2.45, 2.75) is 12.8 Å². The van der Waals surface area contributed by atoms with Gasteiger partial charge in [0.15, 0.2) is 0 Å². The lowest BCUT2D eigenvalue weighted by Gasteiger charge is -2.11. The predicted molar refractivity (Wildman–Crippen MR) is 232 cm³/mol. The van der Waals surface area contributed by atoms with Gasteiger partial charge in [0, 0.05) is 26.9 Å². The molecule has 0 aliphatic heterocycles. The van der Waals surface area contributed by atoms with Gasteiger partial charge < -0.3 is 8.83 Å². The molecule has 0 radical (unpaired) electrons. The monoisotopic (exact) mass is 694 g/mol. The van der Waals surface area contributed by atoms with E-state index in [-0.39, 0.29) is 0 Å². The zero-order chi connectivity index (χ0) is 36.3. The Labute approximate surface area is 314 Å². The third kappa shape index (κ3) is 6.29. The van der Waals surface area contributed by atoms with Gasteiger partial charge in [0.1, 0.15) is 22.3 Å². The lowest BCUT2D eigenvalue weighted by molar-refractivity contribution is 0.669. The second-order valence-corrected chi connectivity index (χ2v) is 13.6. The Morgan fingerprint density at radius 3 is 2.17 bits per heavy atom. The molecule has 54 heavy (non-hydrogen) atoms. The molecule has 0 saturated heterocycles. The Kier molecular flexibility index (Phi) is 8.92. The Balaban J connectivity index is 1.04. The van der Waals surface area contributed by atoms with Crippen LogP contribution in [0.15, 0.2) is 204 Å². The molecule has 2 heteroatoms. The fraction of sp³-hybridized carbons (Fsp3) is 0.0385. The minimum atomic E-state index is 0.840. The van der Waals surface area contributed by atoms with Crippen molar-refractivity contribution in [3.8, 4) is 0 Å². The van der Waals surface area contributed by atoms with Gasteiger partial charge in [-0.15, -0.1) is 0 Å². The minimum Gasteiger partial charge on any atom is -0.456 e. The summed E-state index contributed by atoms with van der Waals surface area (Å²) in [5.74, 6) is 0. The summed E-state index contributed by atoms with van der Waals surface area (Å²) < 4.78 is 12.7. The Morgan fingerprint density at radius 1 is 0.537 bits per heavy atom. The van der Waals surface area contributed by atoms with E-state index in [4.69, 9.17) is 8.83 Å². The molecule has 0 fully saturated rings. The molecular weight excluding hydrogens is 657 g/mol. The smallest absolute Gasteiger partial charge is 0.143 e. The SMILES string of the molecule is C=C(/C=C\C=C\c1ccc2oc3c(ccc4c3ccc3oc5ccccc5c34)c2c1)c1ccccccc(C2=C/C=C\C/C=C\C=C/C2)c2ccccc12. The van der Waals surface area contributed by atoms with Gasteiger partial charge in [0.05, 0.1) is 0 Å². The molecule has 6 aromatic carbocycles. The molecule has 0 amide bonds. The van der Waals surface area contributed by atoms with Crippen LogP contribution in [0.3, 0.4) is 0 Å². The van der Waals surface area contributed by atoms with E-state index in [0.717, 1.165) is 89.6 Å². The molecule has 8 aromatic rings. The first-order valence-corrected chi connectivity index (χ1v) is 18.5. The van der Waals surface area contributed by atoms with E-state index in [1.165, 1.54) is 16.5 Å². The molecule has 0 unspecified atom stereocenters. The molecule has 0 saturated carbocycles. The van der Waals surface area contributed by atoms with Crippen LogP contribution in [0.25, 0.3) is 82.6 Å². The van der Waals surface area contributed by atoms with Crippen molar-refractivity contribution < 1.29 is 8.83 Å². The second-order valence-electron chi connectivity index (χ2n) is 13.6. The molecule has 2 nitrogen and oxygen atoms in total. The fourth-order valence-electron chi connectivity index (χ4n) is 7.58. The van der Waals surface area contributed by atoms with Crippen LogP contribution in [0.4, 0.5) is 0 Å². The molecule has 1 aliphatic carbocycles. The van der Waals surface area contributed by atoms with Crippen molar-refractivity contribution in [1.82, 2.24) is 0 Å². The average molecular weight is 695 g/mol. The van der Waals surface area contributed by atoms with Gasteiger partial charge in [-0.3, -0.25) is 0 Å². The van der Waals surface area contributed by atoms with Gasteiger partial charge in [0.2, 0.25) is 0 Å². The van der Waals surface area contributed by atoms with Gasteiger partial charge in [-0.25, -0.2) is 0 Å². The lowest BCUT2D eigenvalue weighted by Crippen LogP contribution is -1.88. The van der Waals surface area contributed by atoms with Gasteiger partial charge in [-0.1, -0.05) is 164 Å². The van der Waals surface area contributed by atoms with E-state index in [0.29, 0.717) is 0 Å². The van der Waals surface area contributed by atoms with Crippen LogP contribution >= 0.6 is 0 Å². The molecule has 1 aliphatic rings. The second kappa shape index (κ2) is 14.6. The van der Waals surface area contributed by atoms with Crippen LogP contribution in [-0.4, -0.2) is 0 Å². The maximum Gasteiger partial charge on any atom is 0.143 e. The van der Waals surface area contributed by atoms with Gasteiger partial charge in [0.25, 0.3) is 0 Å². The third-order valence-electron chi connectivity index (χ3n) is 10.2. The standard InChI is InChI=1S/C52H38O2/c1-36(39-23-11-7-8-12-24-40(42-26-16-15-25-41(39)42)38-21-9-5-3-2-4-6-10-22-38)19-13-14-20-37-29-33-49-47(35-37)45-31-30-43-44(52(45)54-49)32-34-50-51(43)46-27-17-18-28-48(46)53-50/h2-3,5-20,22-35H,1,4,21H2/b3-2-,8-7?,9-5-,10-6-,11-7?,12-8?,19-13-,20-14+,23-11?,24-12?,38-22?,39-23?,40-24?,41-39?,42-40?. The van der Waals surface area contributed by atoms with Gasteiger partial charge in [-0.2, -0.15) is 0 Å². The highest BCUT2D eigenvalue weighted by Crippen LogP contribution is 2.40. The highest BCUT2D eigenvalue weighted by Gasteiger charge is 2.15. The maximum absolute atomic E-state index is 6.50. The largest absolute Gasteiger partial charge is 0.456 e. The predicted octanol–water partition coefficient (Wildman–Crippen LogP) is 15.0. The quantitative estimate of drug-likeness (QED) is 0.168. The number of fused-ring (bicyclic) bond motifs is 10. The first-order chi connectivity index (χ1) is 26.7. The van der Waals surface area contributed by atoms with Crippen molar-refractivity contribution >= 4 is 82.6 Å². The normalized spacial score (nSPS) is 15.4. The molecule has 0 bridgehead atoms. The van der Waals surface area contributed by atoms with E-state index in [1.54, 1.807) is 0 Å². The highest BCUT2D eigenvalue weighted by molar-refractivity contribution is 6.25. The number of rotatable bonds is 5. The fourth-order valence-corrected chi connectivity index (χ4v) is 7.58. The lowest BCUT2D eigenvalue weighted by atomic mass is 9.93. The summed E-state index contributed by atoms with van der Waals surface area (Å²) in [5, 5.41) is 9.01. The molecule has 9 rings (SSSR count). The molecule has 2 heterocycles. The molecule has 0 atom stereocenters.